The van der Waals surface area contributed by atoms with Gasteiger partial charge in [-0.3, -0.25) is 9.48 Å². The fourth-order valence-electron chi connectivity index (χ4n) is 3.35. The van der Waals surface area contributed by atoms with E-state index in [1.807, 2.05) is 56.4 Å². The average molecular weight is 472 g/mol. The standard InChI is InChI=1S/C27H22ClN3O3/c1-19-26(27(33)31(30(19)2)23-6-4-3-5-7-23)29-18-21-10-15-24(16-11-21)34-25(32)17-12-20-8-13-22(28)14-9-20/h3-18H,1-2H3/b17-12+,29-18?. The van der Waals surface area contributed by atoms with Crippen LogP contribution in [0.25, 0.3) is 11.8 Å². The van der Waals surface area contributed by atoms with Crippen LogP contribution in [0.3, 0.4) is 0 Å². The van der Waals surface area contributed by atoms with E-state index >= 15 is 0 Å². The third-order valence-corrected chi connectivity index (χ3v) is 5.50. The molecular formula is C27H22ClN3O3. The number of carbonyl (C=O) groups excluding carboxylic acids is 1. The summed E-state index contributed by atoms with van der Waals surface area (Å²) >= 11 is 5.86. The number of aliphatic imine (C=N–C) groups is 1. The van der Waals surface area contributed by atoms with Crippen molar-refractivity contribution in [3.63, 3.8) is 0 Å². The summed E-state index contributed by atoms with van der Waals surface area (Å²) in [6.07, 6.45) is 4.63. The summed E-state index contributed by atoms with van der Waals surface area (Å²) in [4.78, 5) is 29.5. The monoisotopic (exact) mass is 471 g/mol. The molecule has 7 heteroatoms. The molecule has 0 saturated heterocycles. The number of hydrogen-bond acceptors (Lipinski definition) is 4. The van der Waals surface area contributed by atoms with Crippen LogP contribution >= 0.6 is 11.6 Å². The molecule has 0 atom stereocenters. The molecule has 34 heavy (non-hydrogen) atoms. The molecule has 6 nitrogen and oxygen atoms in total. The molecule has 0 aliphatic rings. The van der Waals surface area contributed by atoms with Crippen LogP contribution in [0.1, 0.15) is 16.8 Å². The lowest BCUT2D eigenvalue weighted by Crippen LogP contribution is -2.19. The number of esters is 1. The van der Waals surface area contributed by atoms with Crippen molar-refractivity contribution in [1.29, 1.82) is 0 Å². The smallest absolute Gasteiger partial charge is 0.336 e. The van der Waals surface area contributed by atoms with Gasteiger partial charge in [-0.05, 0) is 72.7 Å². The second-order valence-corrected chi connectivity index (χ2v) is 7.98. The fraction of sp³-hybridized carbons (Fsp3) is 0.0741. The lowest BCUT2D eigenvalue weighted by Gasteiger charge is -2.07. The van der Waals surface area contributed by atoms with Crippen LogP contribution in [0, 0.1) is 6.92 Å². The van der Waals surface area contributed by atoms with E-state index in [1.165, 1.54) is 6.08 Å². The van der Waals surface area contributed by atoms with Gasteiger partial charge in [0.15, 0.2) is 5.69 Å². The predicted octanol–water partition coefficient (Wildman–Crippen LogP) is 5.51. The van der Waals surface area contributed by atoms with Gasteiger partial charge >= 0.3 is 5.97 Å². The number of carbonyl (C=O) groups is 1. The highest BCUT2D eigenvalue weighted by atomic mass is 35.5. The molecule has 3 aromatic carbocycles. The van der Waals surface area contributed by atoms with Gasteiger partial charge in [-0.25, -0.2) is 14.5 Å². The second-order valence-electron chi connectivity index (χ2n) is 7.54. The molecular weight excluding hydrogens is 450 g/mol. The highest BCUT2D eigenvalue weighted by Crippen LogP contribution is 2.18. The van der Waals surface area contributed by atoms with Crippen molar-refractivity contribution in [3.8, 4) is 11.4 Å². The van der Waals surface area contributed by atoms with Crippen LogP contribution in [-0.4, -0.2) is 21.5 Å². The Kier molecular flexibility index (Phi) is 6.90. The Balaban J connectivity index is 1.45. The van der Waals surface area contributed by atoms with Crippen molar-refractivity contribution in [2.45, 2.75) is 6.92 Å². The summed E-state index contributed by atoms with van der Waals surface area (Å²) < 4.78 is 8.70. The molecule has 1 aromatic heterocycles. The van der Waals surface area contributed by atoms with Crippen LogP contribution in [0.5, 0.6) is 5.75 Å². The van der Waals surface area contributed by atoms with Gasteiger partial charge < -0.3 is 4.74 Å². The molecule has 4 rings (SSSR count). The maximum absolute atomic E-state index is 12.9. The Morgan fingerprint density at radius 2 is 1.59 bits per heavy atom. The molecule has 0 saturated carbocycles. The van der Waals surface area contributed by atoms with Gasteiger partial charge in [-0.2, -0.15) is 0 Å². The largest absolute Gasteiger partial charge is 0.423 e. The number of hydrogen-bond donors (Lipinski definition) is 0. The van der Waals surface area contributed by atoms with Gasteiger partial charge in [-0.1, -0.05) is 41.9 Å². The zero-order chi connectivity index (χ0) is 24.1. The molecule has 0 amide bonds. The van der Waals surface area contributed by atoms with Crippen molar-refractivity contribution in [3.05, 3.63) is 117 Å². The minimum atomic E-state index is -0.488. The molecule has 170 valence electrons. The summed E-state index contributed by atoms with van der Waals surface area (Å²) in [6.45, 7) is 1.85. The van der Waals surface area contributed by atoms with E-state index in [0.717, 1.165) is 22.5 Å². The third-order valence-electron chi connectivity index (χ3n) is 5.25. The first-order valence-electron chi connectivity index (χ1n) is 10.6. The fourth-order valence-corrected chi connectivity index (χ4v) is 3.48. The first-order chi connectivity index (χ1) is 16.4. The molecule has 0 spiro atoms. The summed E-state index contributed by atoms with van der Waals surface area (Å²) in [5, 5.41) is 0.632. The minimum Gasteiger partial charge on any atom is -0.423 e. The Hall–Kier alpha value is -4.16. The molecule has 4 aromatic rings. The van der Waals surface area contributed by atoms with Gasteiger partial charge in [0.2, 0.25) is 0 Å². The van der Waals surface area contributed by atoms with Gasteiger partial charge in [0.1, 0.15) is 5.75 Å². The number of aromatic nitrogens is 2. The minimum absolute atomic E-state index is 0.194. The molecule has 0 unspecified atom stereocenters. The van der Waals surface area contributed by atoms with Crippen LogP contribution in [-0.2, 0) is 11.8 Å². The molecule has 0 fully saturated rings. The maximum atomic E-state index is 12.9. The maximum Gasteiger partial charge on any atom is 0.336 e. The summed E-state index contributed by atoms with van der Waals surface area (Å²) in [5.74, 6) is -0.0806. The lowest BCUT2D eigenvalue weighted by atomic mass is 10.2. The topological polar surface area (TPSA) is 65.6 Å². The summed E-state index contributed by atoms with van der Waals surface area (Å²) in [6, 6.07) is 23.4. The van der Waals surface area contributed by atoms with E-state index in [4.69, 9.17) is 16.3 Å². The highest BCUT2D eigenvalue weighted by Gasteiger charge is 2.14. The number of para-hydroxylation sites is 1. The highest BCUT2D eigenvalue weighted by molar-refractivity contribution is 6.30. The quantitative estimate of drug-likeness (QED) is 0.161. The van der Waals surface area contributed by atoms with Gasteiger partial charge in [0.05, 0.1) is 11.4 Å². The van der Waals surface area contributed by atoms with E-state index < -0.39 is 5.97 Å². The van der Waals surface area contributed by atoms with E-state index in [1.54, 1.807) is 58.1 Å². The van der Waals surface area contributed by atoms with Crippen LogP contribution < -0.4 is 10.3 Å². The van der Waals surface area contributed by atoms with Crippen LogP contribution in [0.15, 0.2) is 94.7 Å². The van der Waals surface area contributed by atoms with E-state index in [2.05, 4.69) is 4.99 Å². The molecule has 0 bridgehead atoms. The van der Waals surface area contributed by atoms with Crippen LogP contribution in [0.4, 0.5) is 5.69 Å². The Morgan fingerprint density at radius 3 is 2.26 bits per heavy atom. The van der Waals surface area contributed by atoms with Gasteiger partial charge in [0.25, 0.3) is 5.56 Å². The molecule has 0 radical (unpaired) electrons. The predicted molar refractivity (Wildman–Crippen MR) is 136 cm³/mol. The average Bonchev–Trinajstić information content (AvgIpc) is 3.06. The molecule has 0 aliphatic carbocycles. The second kappa shape index (κ2) is 10.2. The SMILES string of the molecule is Cc1c(N=Cc2ccc(OC(=O)/C=C/c3ccc(Cl)cc3)cc2)c(=O)n(-c2ccccc2)n1C. The lowest BCUT2D eigenvalue weighted by molar-refractivity contribution is -0.128. The van der Waals surface area contributed by atoms with E-state index in [-0.39, 0.29) is 5.56 Å². The first kappa shape index (κ1) is 23.0. The summed E-state index contributed by atoms with van der Waals surface area (Å²) in [7, 11) is 1.83. The third kappa shape index (κ3) is 5.24. The van der Waals surface area contributed by atoms with Crippen molar-refractivity contribution in [2.24, 2.45) is 12.0 Å². The molecule has 0 N–H and O–H groups in total. The van der Waals surface area contributed by atoms with Crippen molar-refractivity contribution in [2.75, 3.05) is 0 Å². The van der Waals surface area contributed by atoms with Crippen molar-refractivity contribution in [1.82, 2.24) is 9.36 Å². The number of benzene rings is 3. The number of rotatable bonds is 6. The normalized spacial score (nSPS) is 11.4. The number of halogens is 1. The van der Waals surface area contributed by atoms with E-state index in [0.29, 0.717) is 16.5 Å². The van der Waals surface area contributed by atoms with Crippen LogP contribution in [0.2, 0.25) is 5.02 Å². The first-order valence-corrected chi connectivity index (χ1v) is 10.9. The zero-order valence-corrected chi connectivity index (χ0v) is 19.4. The zero-order valence-electron chi connectivity index (χ0n) is 18.7. The Morgan fingerprint density at radius 1 is 0.941 bits per heavy atom. The van der Waals surface area contributed by atoms with E-state index in [9.17, 15) is 9.59 Å². The van der Waals surface area contributed by atoms with Gasteiger partial charge in [0, 0.05) is 24.4 Å². The number of nitrogens with zero attached hydrogens (tertiary/aromatic N) is 3. The van der Waals surface area contributed by atoms with Crippen molar-refractivity contribution >= 4 is 35.5 Å². The van der Waals surface area contributed by atoms with Crippen molar-refractivity contribution < 1.29 is 9.53 Å². The summed E-state index contributed by atoms with van der Waals surface area (Å²) in [5.41, 5.74) is 3.31. The number of ether oxygens (including phenoxy) is 1. The Bertz CT molecular complexity index is 1420. The van der Waals surface area contributed by atoms with Gasteiger partial charge in [-0.15, -0.1) is 0 Å². The molecule has 0 aliphatic heterocycles. The molecule has 1 heterocycles. The Labute approximate surface area is 202 Å².